The first kappa shape index (κ1) is 13.8. The number of nitrogens with zero attached hydrogens (tertiary/aromatic N) is 1. The van der Waals surface area contributed by atoms with Gasteiger partial charge in [0.25, 0.3) is 0 Å². The molecule has 6 heteroatoms. The number of fused-ring (bicyclic) bond motifs is 1. The topological polar surface area (TPSA) is 80.0 Å². The van der Waals surface area contributed by atoms with Crippen LogP contribution in [-0.4, -0.2) is 30.0 Å². The summed E-state index contributed by atoms with van der Waals surface area (Å²) in [5.74, 6) is -0.103. The Morgan fingerprint density at radius 3 is 2.95 bits per heavy atom. The quantitative estimate of drug-likeness (QED) is 0.701. The monoisotopic (exact) mass is 278 g/mol. The molecular weight excluding hydrogens is 260 g/mol. The zero-order valence-corrected chi connectivity index (χ0v) is 11.7. The Labute approximate surface area is 116 Å². The molecule has 0 aliphatic heterocycles. The Kier molecular flexibility index (Phi) is 4.70. The van der Waals surface area contributed by atoms with Gasteiger partial charge in [-0.05, 0) is 18.6 Å². The van der Waals surface area contributed by atoms with Gasteiger partial charge in [-0.1, -0.05) is 30.4 Å². The first-order chi connectivity index (χ1) is 9.20. The van der Waals surface area contributed by atoms with Gasteiger partial charge in [-0.3, -0.25) is 4.79 Å². The van der Waals surface area contributed by atoms with E-state index in [1.54, 1.807) is 11.3 Å². The Morgan fingerprint density at radius 1 is 1.42 bits per heavy atom. The van der Waals surface area contributed by atoms with Crippen molar-refractivity contribution in [3.05, 3.63) is 24.3 Å². The smallest absolute Gasteiger partial charge is 0.236 e. The van der Waals surface area contributed by atoms with Gasteiger partial charge in [0.2, 0.25) is 5.91 Å². The molecule has 0 fully saturated rings. The third-order valence-electron chi connectivity index (χ3n) is 2.77. The van der Waals surface area contributed by atoms with Crippen molar-refractivity contribution in [2.75, 3.05) is 18.4 Å². The average Bonchev–Trinajstić information content (AvgIpc) is 2.85. The van der Waals surface area contributed by atoms with E-state index >= 15 is 0 Å². The molecule has 1 heterocycles. The van der Waals surface area contributed by atoms with Crippen LogP contribution in [0.5, 0.6) is 0 Å². The number of carbonyl (C=O) groups excluding carboxylic acids is 1. The molecule has 0 saturated heterocycles. The number of thiazole rings is 1. The van der Waals surface area contributed by atoms with E-state index in [1.165, 1.54) is 0 Å². The van der Waals surface area contributed by atoms with Crippen LogP contribution in [0.4, 0.5) is 5.13 Å². The van der Waals surface area contributed by atoms with Gasteiger partial charge >= 0.3 is 0 Å². The molecule has 2 rings (SSSR count). The fraction of sp³-hybridized carbons (Fsp3) is 0.385. The van der Waals surface area contributed by atoms with Crippen molar-refractivity contribution in [3.8, 4) is 0 Å². The Balaban J connectivity index is 1.78. The molecule has 4 N–H and O–H groups in total. The maximum atomic E-state index is 11.4. The number of rotatable bonds is 6. The fourth-order valence-electron chi connectivity index (χ4n) is 1.62. The fourth-order valence-corrected chi connectivity index (χ4v) is 2.51. The van der Waals surface area contributed by atoms with E-state index < -0.39 is 6.04 Å². The Morgan fingerprint density at radius 2 is 2.21 bits per heavy atom. The van der Waals surface area contributed by atoms with E-state index in [0.29, 0.717) is 19.5 Å². The molecule has 0 saturated carbocycles. The largest absolute Gasteiger partial charge is 0.360 e. The van der Waals surface area contributed by atoms with Crippen molar-refractivity contribution in [1.29, 1.82) is 0 Å². The van der Waals surface area contributed by atoms with Gasteiger partial charge in [0.1, 0.15) is 0 Å². The van der Waals surface area contributed by atoms with Crippen LogP contribution in [-0.2, 0) is 4.79 Å². The van der Waals surface area contributed by atoms with Crippen molar-refractivity contribution in [1.82, 2.24) is 10.3 Å². The van der Waals surface area contributed by atoms with Crippen LogP contribution in [0, 0.1) is 0 Å². The Hall–Kier alpha value is -1.66. The summed E-state index contributed by atoms with van der Waals surface area (Å²) in [4.78, 5) is 15.9. The molecule has 0 unspecified atom stereocenters. The van der Waals surface area contributed by atoms with Gasteiger partial charge in [-0.15, -0.1) is 0 Å². The van der Waals surface area contributed by atoms with Crippen molar-refractivity contribution in [2.45, 2.75) is 19.4 Å². The van der Waals surface area contributed by atoms with E-state index in [1.807, 2.05) is 31.2 Å². The third kappa shape index (κ3) is 3.65. The van der Waals surface area contributed by atoms with Gasteiger partial charge in [0.05, 0.1) is 16.3 Å². The molecule has 1 atom stereocenters. The van der Waals surface area contributed by atoms with Crippen molar-refractivity contribution in [2.24, 2.45) is 5.73 Å². The maximum Gasteiger partial charge on any atom is 0.236 e. The summed E-state index contributed by atoms with van der Waals surface area (Å²) in [6.07, 6.45) is 0.650. The predicted octanol–water partition coefficient (Wildman–Crippen LogP) is 1.56. The summed E-state index contributed by atoms with van der Waals surface area (Å²) >= 11 is 1.61. The average molecular weight is 278 g/mol. The minimum atomic E-state index is -0.414. The predicted molar refractivity (Wildman–Crippen MR) is 79.4 cm³/mol. The summed E-state index contributed by atoms with van der Waals surface area (Å²) in [6, 6.07) is 7.58. The van der Waals surface area contributed by atoms with Crippen LogP contribution in [0.25, 0.3) is 10.2 Å². The van der Waals surface area contributed by atoms with Crippen molar-refractivity contribution < 1.29 is 4.79 Å². The lowest BCUT2D eigenvalue weighted by atomic mass is 10.2. The first-order valence-corrected chi connectivity index (χ1v) is 7.15. The summed E-state index contributed by atoms with van der Waals surface area (Å²) < 4.78 is 1.15. The van der Waals surface area contributed by atoms with Crippen LogP contribution >= 0.6 is 11.3 Å². The van der Waals surface area contributed by atoms with Crippen LogP contribution in [0.15, 0.2) is 24.3 Å². The highest BCUT2D eigenvalue weighted by atomic mass is 32.1. The van der Waals surface area contributed by atoms with Crippen molar-refractivity contribution in [3.63, 3.8) is 0 Å². The molecule has 1 aromatic heterocycles. The molecular formula is C13H18N4OS. The van der Waals surface area contributed by atoms with Crippen LogP contribution in [0.2, 0.25) is 0 Å². The number of carbonyl (C=O) groups is 1. The molecule has 2 aromatic rings. The molecule has 5 nitrogen and oxygen atoms in total. The first-order valence-electron chi connectivity index (χ1n) is 6.33. The van der Waals surface area contributed by atoms with Gasteiger partial charge in [-0.25, -0.2) is 4.98 Å². The minimum absolute atomic E-state index is 0.103. The van der Waals surface area contributed by atoms with Gasteiger partial charge in [0.15, 0.2) is 5.13 Å². The molecule has 19 heavy (non-hydrogen) atoms. The molecule has 0 bridgehead atoms. The molecule has 0 spiro atoms. The van der Waals surface area contributed by atoms with E-state index in [2.05, 4.69) is 15.6 Å². The lowest BCUT2D eigenvalue weighted by Crippen LogP contribution is -2.41. The zero-order chi connectivity index (χ0) is 13.7. The SMILES string of the molecule is CC[C@H](N)C(=O)NCCNc1nc2ccccc2s1. The molecule has 0 aliphatic rings. The normalized spacial score (nSPS) is 12.3. The Bertz CT molecular complexity index is 521. The van der Waals surface area contributed by atoms with Gasteiger partial charge in [-0.2, -0.15) is 0 Å². The second-order valence-corrected chi connectivity index (χ2v) is 5.25. The summed E-state index contributed by atoms with van der Waals surface area (Å²) in [5, 5.41) is 6.86. The molecule has 1 aromatic carbocycles. The van der Waals surface area contributed by atoms with Crippen LogP contribution < -0.4 is 16.4 Å². The summed E-state index contributed by atoms with van der Waals surface area (Å²) in [7, 11) is 0. The summed E-state index contributed by atoms with van der Waals surface area (Å²) in [6.45, 7) is 3.08. The number of anilines is 1. The number of benzene rings is 1. The van der Waals surface area contributed by atoms with E-state index in [0.717, 1.165) is 15.3 Å². The lowest BCUT2D eigenvalue weighted by Gasteiger charge is -2.09. The molecule has 0 radical (unpaired) electrons. The molecule has 102 valence electrons. The highest BCUT2D eigenvalue weighted by Crippen LogP contribution is 2.24. The zero-order valence-electron chi connectivity index (χ0n) is 10.8. The number of para-hydroxylation sites is 1. The third-order valence-corrected chi connectivity index (χ3v) is 3.77. The van der Waals surface area contributed by atoms with Crippen molar-refractivity contribution >= 4 is 32.6 Å². The van der Waals surface area contributed by atoms with Crippen LogP contribution in [0.1, 0.15) is 13.3 Å². The van der Waals surface area contributed by atoms with Gasteiger partial charge in [0, 0.05) is 13.1 Å². The highest BCUT2D eigenvalue weighted by molar-refractivity contribution is 7.22. The minimum Gasteiger partial charge on any atom is -0.360 e. The molecule has 0 aliphatic carbocycles. The van der Waals surface area contributed by atoms with Crippen LogP contribution in [0.3, 0.4) is 0 Å². The number of hydrogen-bond donors (Lipinski definition) is 3. The van der Waals surface area contributed by atoms with E-state index in [9.17, 15) is 4.79 Å². The maximum absolute atomic E-state index is 11.4. The number of hydrogen-bond acceptors (Lipinski definition) is 5. The van der Waals surface area contributed by atoms with E-state index in [-0.39, 0.29) is 5.91 Å². The second kappa shape index (κ2) is 6.49. The number of nitrogens with two attached hydrogens (primary N) is 1. The second-order valence-electron chi connectivity index (χ2n) is 4.22. The number of amides is 1. The van der Waals surface area contributed by atoms with E-state index in [4.69, 9.17) is 5.73 Å². The lowest BCUT2D eigenvalue weighted by molar-refractivity contribution is -0.122. The van der Waals surface area contributed by atoms with Gasteiger partial charge < -0.3 is 16.4 Å². The summed E-state index contributed by atoms with van der Waals surface area (Å²) in [5.41, 5.74) is 6.61. The highest BCUT2D eigenvalue weighted by Gasteiger charge is 2.09. The number of nitrogens with one attached hydrogen (secondary N) is 2. The standard InChI is InChI=1S/C13H18N4OS/c1-2-9(14)12(18)15-7-8-16-13-17-10-5-3-4-6-11(10)19-13/h3-6,9H,2,7-8,14H2,1H3,(H,15,18)(H,16,17)/t9-/m0/s1. The number of aromatic nitrogens is 1. The molecule has 1 amide bonds.